The van der Waals surface area contributed by atoms with Gasteiger partial charge in [-0.2, -0.15) is 0 Å². The summed E-state index contributed by atoms with van der Waals surface area (Å²) in [6.07, 6.45) is 0.924. The average molecular weight is 480 g/mol. The van der Waals surface area contributed by atoms with Gasteiger partial charge in [-0.25, -0.2) is 0 Å². The molecule has 3 aromatic rings. The highest BCUT2D eigenvalue weighted by atomic mass is 16.5. The Bertz CT molecular complexity index is 1310. The predicted octanol–water partition coefficient (Wildman–Crippen LogP) is 5.03. The van der Waals surface area contributed by atoms with Gasteiger partial charge in [0, 0.05) is 13.7 Å². The molecular weight excluding hydrogens is 446 g/mol. The highest BCUT2D eigenvalue weighted by molar-refractivity contribution is 5.99. The van der Waals surface area contributed by atoms with Gasteiger partial charge in [-0.3, -0.25) is 9.59 Å². The summed E-state index contributed by atoms with van der Waals surface area (Å²) in [7, 11) is 3.16. The van der Waals surface area contributed by atoms with Crippen molar-refractivity contribution in [2.24, 2.45) is 5.92 Å². The monoisotopic (exact) mass is 479 g/mol. The Balaban J connectivity index is 1.84. The summed E-state index contributed by atoms with van der Waals surface area (Å²) in [6, 6.07) is 8.59. The number of fused-ring (bicyclic) bond motifs is 2. The number of carbonyl (C=O) groups is 1. The zero-order chi connectivity index (χ0) is 25.3. The van der Waals surface area contributed by atoms with Gasteiger partial charge in [-0.15, -0.1) is 0 Å². The van der Waals surface area contributed by atoms with Gasteiger partial charge in [0.05, 0.1) is 37.3 Å². The Hall–Kier alpha value is -3.32. The van der Waals surface area contributed by atoms with Crippen LogP contribution in [0.4, 0.5) is 0 Å². The molecule has 0 unspecified atom stereocenters. The number of amides is 1. The van der Waals surface area contributed by atoms with E-state index in [-0.39, 0.29) is 17.1 Å². The quantitative estimate of drug-likeness (QED) is 0.428. The zero-order valence-electron chi connectivity index (χ0n) is 21.3. The summed E-state index contributed by atoms with van der Waals surface area (Å²) in [4.78, 5) is 28.8. The first-order valence-corrected chi connectivity index (χ1v) is 11.9. The number of hydrogen-bond donors (Lipinski definition) is 0. The van der Waals surface area contributed by atoms with E-state index in [0.717, 1.165) is 23.1 Å². The van der Waals surface area contributed by atoms with Crippen LogP contribution in [0.1, 0.15) is 59.1 Å². The van der Waals surface area contributed by atoms with Crippen LogP contribution in [0, 0.1) is 19.8 Å². The number of rotatable bonds is 9. The molecule has 0 fully saturated rings. The molecule has 0 saturated carbocycles. The van der Waals surface area contributed by atoms with E-state index in [4.69, 9.17) is 18.6 Å². The first-order valence-electron chi connectivity index (χ1n) is 11.9. The molecule has 7 nitrogen and oxygen atoms in total. The van der Waals surface area contributed by atoms with E-state index >= 15 is 0 Å². The van der Waals surface area contributed by atoms with Gasteiger partial charge in [0.25, 0.3) is 5.91 Å². The van der Waals surface area contributed by atoms with E-state index in [9.17, 15) is 9.59 Å². The average Bonchev–Trinajstić information content (AvgIpc) is 3.10. The Morgan fingerprint density at radius 1 is 1.00 bits per heavy atom. The van der Waals surface area contributed by atoms with Crippen LogP contribution in [0.2, 0.25) is 0 Å². The Labute approximate surface area is 205 Å². The molecule has 0 spiro atoms. The number of carbonyl (C=O) groups excluding carboxylic acids is 1. The maximum atomic E-state index is 13.7. The Morgan fingerprint density at radius 2 is 1.74 bits per heavy atom. The lowest BCUT2D eigenvalue weighted by Crippen LogP contribution is -2.32. The molecule has 1 atom stereocenters. The van der Waals surface area contributed by atoms with Crippen molar-refractivity contribution >= 4 is 16.9 Å². The van der Waals surface area contributed by atoms with Crippen molar-refractivity contribution in [2.75, 3.05) is 34.0 Å². The third-order valence-corrected chi connectivity index (χ3v) is 6.57. The second-order valence-corrected chi connectivity index (χ2v) is 9.44. The lowest BCUT2D eigenvalue weighted by atomic mass is 9.97. The Morgan fingerprint density at radius 3 is 2.43 bits per heavy atom. The lowest BCUT2D eigenvalue weighted by Gasteiger charge is -2.25. The fourth-order valence-corrected chi connectivity index (χ4v) is 4.42. The lowest BCUT2D eigenvalue weighted by molar-refractivity contribution is 0.0663. The first-order chi connectivity index (χ1) is 16.8. The Kier molecular flexibility index (Phi) is 7.17. The second-order valence-electron chi connectivity index (χ2n) is 9.44. The molecule has 35 heavy (non-hydrogen) atoms. The molecule has 0 N–H and O–H groups in total. The van der Waals surface area contributed by atoms with Gasteiger partial charge >= 0.3 is 0 Å². The van der Waals surface area contributed by atoms with Crippen LogP contribution in [0.25, 0.3) is 11.0 Å². The topological polar surface area (TPSA) is 78.2 Å². The van der Waals surface area contributed by atoms with Crippen LogP contribution >= 0.6 is 0 Å². The van der Waals surface area contributed by atoms with Gasteiger partial charge in [0.15, 0.2) is 16.9 Å². The van der Waals surface area contributed by atoms with E-state index in [0.29, 0.717) is 53.7 Å². The van der Waals surface area contributed by atoms with Crippen LogP contribution in [0.5, 0.6) is 11.5 Å². The van der Waals surface area contributed by atoms with Crippen molar-refractivity contribution in [2.45, 2.75) is 40.2 Å². The minimum absolute atomic E-state index is 0.0862. The molecule has 7 heteroatoms. The fraction of sp³-hybridized carbons (Fsp3) is 0.429. The molecule has 2 aromatic carbocycles. The van der Waals surface area contributed by atoms with Crippen LogP contribution in [0.15, 0.2) is 39.5 Å². The molecule has 1 aliphatic rings. The van der Waals surface area contributed by atoms with Crippen molar-refractivity contribution < 1.29 is 23.4 Å². The smallest absolute Gasteiger partial charge is 0.290 e. The summed E-state index contributed by atoms with van der Waals surface area (Å²) in [6.45, 7) is 9.41. The van der Waals surface area contributed by atoms with Crippen molar-refractivity contribution in [3.8, 4) is 11.5 Å². The summed E-state index contributed by atoms with van der Waals surface area (Å²) in [5.41, 5.74) is 3.31. The summed E-state index contributed by atoms with van der Waals surface area (Å²) in [5, 5.41) is 0.471. The molecule has 0 radical (unpaired) electrons. The van der Waals surface area contributed by atoms with Gasteiger partial charge in [-0.1, -0.05) is 19.9 Å². The third-order valence-electron chi connectivity index (χ3n) is 6.57. The van der Waals surface area contributed by atoms with Gasteiger partial charge < -0.3 is 23.5 Å². The molecule has 0 saturated heterocycles. The molecular formula is C28H33NO6. The number of aryl methyl sites for hydroxylation is 2. The van der Waals surface area contributed by atoms with Crippen molar-refractivity contribution in [3.63, 3.8) is 0 Å². The van der Waals surface area contributed by atoms with E-state index in [1.807, 2.05) is 44.2 Å². The molecule has 186 valence electrons. The summed E-state index contributed by atoms with van der Waals surface area (Å²) in [5.74, 6) is 1.47. The van der Waals surface area contributed by atoms with Gasteiger partial charge in [0.1, 0.15) is 5.58 Å². The van der Waals surface area contributed by atoms with Gasteiger partial charge in [-0.05, 0) is 67.1 Å². The minimum Gasteiger partial charge on any atom is -0.493 e. The van der Waals surface area contributed by atoms with E-state index < -0.39 is 6.04 Å². The standard InChI is InChI=1S/C28H33NO6/c1-16(2)9-11-34-21-8-7-19(15-23(21)33-6)25-24-26(30)20-13-17(3)18(4)14-22(20)35-27(24)28(31)29(25)10-12-32-5/h7-8,13-16,25H,9-12H2,1-6H3/t25-/m1/s1. The molecule has 1 amide bonds. The largest absolute Gasteiger partial charge is 0.493 e. The number of benzene rings is 2. The number of methoxy groups -OCH3 is 2. The summed E-state index contributed by atoms with van der Waals surface area (Å²) >= 11 is 0. The van der Waals surface area contributed by atoms with E-state index in [1.54, 1.807) is 19.1 Å². The van der Waals surface area contributed by atoms with E-state index in [2.05, 4.69) is 13.8 Å². The normalized spacial score (nSPS) is 15.2. The number of ether oxygens (including phenoxy) is 3. The third kappa shape index (κ3) is 4.65. The zero-order valence-corrected chi connectivity index (χ0v) is 21.3. The molecule has 1 aromatic heterocycles. The SMILES string of the molecule is COCCN1C(=O)c2oc3cc(C)c(C)cc3c(=O)c2[C@H]1c1ccc(OCCC(C)C)c(OC)c1. The first kappa shape index (κ1) is 24.8. The minimum atomic E-state index is -0.617. The summed E-state index contributed by atoms with van der Waals surface area (Å²) < 4.78 is 22.9. The van der Waals surface area contributed by atoms with Crippen LogP contribution < -0.4 is 14.9 Å². The number of nitrogens with zero attached hydrogens (tertiary/aromatic N) is 1. The molecule has 4 rings (SSSR count). The van der Waals surface area contributed by atoms with Crippen LogP contribution in [0.3, 0.4) is 0 Å². The van der Waals surface area contributed by atoms with E-state index in [1.165, 1.54) is 0 Å². The molecule has 1 aliphatic heterocycles. The highest BCUT2D eigenvalue weighted by Crippen LogP contribution is 2.41. The predicted molar refractivity (Wildman–Crippen MR) is 135 cm³/mol. The van der Waals surface area contributed by atoms with Crippen molar-refractivity contribution in [1.82, 2.24) is 4.90 Å². The molecule has 2 heterocycles. The van der Waals surface area contributed by atoms with Crippen LogP contribution in [-0.2, 0) is 4.74 Å². The van der Waals surface area contributed by atoms with Crippen molar-refractivity contribution in [1.29, 1.82) is 0 Å². The highest BCUT2D eigenvalue weighted by Gasteiger charge is 2.42. The maximum Gasteiger partial charge on any atom is 0.290 e. The maximum absolute atomic E-state index is 13.7. The number of hydrogen-bond acceptors (Lipinski definition) is 6. The molecule has 0 bridgehead atoms. The molecule has 0 aliphatic carbocycles. The van der Waals surface area contributed by atoms with Crippen molar-refractivity contribution in [3.05, 3.63) is 68.6 Å². The van der Waals surface area contributed by atoms with Crippen LogP contribution in [-0.4, -0.2) is 44.8 Å². The second kappa shape index (κ2) is 10.1. The van der Waals surface area contributed by atoms with Gasteiger partial charge in [0.2, 0.25) is 5.76 Å². The fourth-order valence-electron chi connectivity index (χ4n) is 4.42.